The van der Waals surface area contributed by atoms with Crippen LogP contribution >= 0.6 is 0 Å². The van der Waals surface area contributed by atoms with E-state index in [1.807, 2.05) is 30.3 Å². The number of pyridine rings is 1. The van der Waals surface area contributed by atoms with Gasteiger partial charge in [-0.3, -0.25) is 9.78 Å². The molecule has 0 fully saturated rings. The van der Waals surface area contributed by atoms with Crippen molar-refractivity contribution < 1.29 is 4.79 Å². The third-order valence-electron chi connectivity index (χ3n) is 3.01. The molecule has 0 saturated heterocycles. The third kappa shape index (κ3) is 4.39. The summed E-state index contributed by atoms with van der Waals surface area (Å²) >= 11 is 0. The molecular weight excluding hydrogens is 250 g/mol. The van der Waals surface area contributed by atoms with Crippen LogP contribution in [0.4, 0.5) is 5.69 Å². The van der Waals surface area contributed by atoms with E-state index in [2.05, 4.69) is 34.7 Å². The van der Waals surface area contributed by atoms with Crippen LogP contribution in [0.25, 0.3) is 0 Å². The molecule has 20 heavy (non-hydrogen) atoms. The van der Waals surface area contributed by atoms with Gasteiger partial charge in [-0.05, 0) is 36.2 Å². The molecule has 0 aliphatic rings. The number of hydrogen-bond acceptors (Lipinski definition) is 3. The number of carbonyl (C=O) groups excluding carboxylic acids is 1. The van der Waals surface area contributed by atoms with Crippen LogP contribution in [-0.4, -0.2) is 17.4 Å². The van der Waals surface area contributed by atoms with Gasteiger partial charge in [-0.25, -0.2) is 0 Å². The predicted octanol–water partition coefficient (Wildman–Crippen LogP) is 2.37. The summed E-state index contributed by atoms with van der Waals surface area (Å²) in [6.45, 7) is 2.84. The average molecular weight is 269 g/mol. The topological polar surface area (TPSA) is 54.0 Å². The molecule has 0 aliphatic carbocycles. The zero-order chi connectivity index (χ0) is 14.2. The maximum atomic E-state index is 11.7. The molecule has 0 radical (unpaired) electrons. The van der Waals surface area contributed by atoms with E-state index in [1.165, 1.54) is 5.56 Å². The lowest BCUT2D eigenvalue weighted by molar-refractivity contribution is -0.119. The number of benzene rings is 1. The first-order valence-corrected chi connectivity index (χ1v) is 6.77. The van der Waals surface area contributed by atoms with Crippen LogP contribution in [0, 0.1) is 0 Å². The molecule has 0 unspecified atom stereocenters. The third-order valence-corrected chi connectivity index (χ3v) is 3.01. The van der Waals surface area contributed by atoms with Crippen LogP contribution in [0.2, 0.25) is 0 Å². The molecule has 1 amide bonds. The van der Waals surface area contributed by atoms with Gasteiger partial charge in [0.05, 0.1) is 18.8 Å². The van der Waals surface area contributed by atoms with Crippen molar-refractivity contribution in [2.75, 3.05) is 11.9 Å². The lowest BCUT2D eigenvalue weighted by Crippen LogP contribution is -2.29. The second-order valence-corrected chi connectivity index (χ2v) is 4.50. The van der Waals surface area contributed by atoms with Crippen molar-refractivity contribution in [3.63, 3.8) is 0 Å². The van der Waals surface area contributed by atoms with Crippen molar-refractivity contribution in [2.45, 2.75) is 19.9 Å². The molecule has 0 bridgehead atoms. The standard InChI is InChI=1S/C16H19N3O/c1-2-13-6-8-14(9-7-13)18-12-16(20)19-11-15-5-3-4-10-17-15/h3-10,18H,2,11-12H2,1H3,(H,19,20). The van der Waals surface area contributed by atoms with Crippen LogP contribution in [0.3, 0.4) is 0 Å². The summed E-state index contributed by atoms with van der Waals surface area (Å²) in [5, 5.41) is 5.93. The first kappa shape index (κ1) is 14.1. The van der Waals surface area contributed by atoms with E-state index in [0.717, 1.165) is 17.8 Å². The van der Waals surface area contributed by atoms with Crippen molar-refractivity contribution in [3.8, 4) is 0 Å². The van der Waals surface area contributed by atoms with E-state index >= 15 is 0 Å². The Kier molecular flexibility index (Phi) is 5.12. The molecular formula is C16H19N3O. The van der Waals surface area contributed by atoms with Crippen molar-refractivity contribution in [1.82, 2.24) is 10.3 Å². The van der Waals surface area contributed by atoms with Crippen molar-refractivity contribution in [1.29, 1.82) is 0 Å². The predicted molar refractivity (Wildman–Crippen MR) is 80.4 cm³/mol. The van der Waals surface area contributed by atoms with E-state index in [0.29, 0.717) is 6.54 Å². The SMILES string of the molecule is CCc1ccc(NCC(=O)NCc2ccccn2)cc1. The smallest absolute Gasteiger partial charge is 0.239 e. The van der Waals surface area contributed by atoms with Crippen molar-refractivity contribution >= 4 is 11.6 Å². The summed E-state index contributed by atoms with van der Waals surface area (Å²) in [5.41, 5.74) is 3.10. The molecule has 0 spiro atoms. The number of aryl methyl sites for hydroxylation is 1. The normalized spacial score (nSPS) is 10.1. The van der Waals surface area contributed by atoms with Crippen LogP contribution < -0.4 is 10.6 Å². The Labute approximate surface area is 119 Å². The van der Waals surface area contributed by atoms with Gasteiger partial charge in [0, 0.05) is 11.9 Å². The molecule has 104 valence electrons. The molecule has 4 heteroatoms. The van der Waals surface area contributed by atoms with Gasteiger partial charge in [0.25, 0.3) is 0 Å². The Balaban J connectivity index is 1.74. The highest BCUT2D eigenvalue weighted by Crippen LogP contribution is 2.09. The van der Waals surface area contributed by atoms with Crippen LogP contribution in [-0.2, 0) is 17.8 Å². The largest absolute Gasteiger partial charge is 0.376 e. The number of hydrogen-bond donors (Lipinski definition) is 2. The minimum absolute atomic E-state index is 0.0461. The molecule has 1 aromatic heterocycles. The number of nitrogens with one attached hydrogen (secondary N) is 2. The molecule has 2 N–H and O–H groups in total. The fourth-order valence-electron chi connectivity index (χ4n) is 1.79. The van der Waals surface area contributed by atoms with Gasteiger partial charge in [-0.2, -0.15) is 0 Å². The van der Waals surface area contributed by atoms with Crippen LogP contribution in [0.15, 0.2) is 48.7 Å². The maximum absolute atomic E-state index is 11.7. The Bertz CT molecular complexity index is 537. The molecule has 1 aromatic carbocycles. The average Bonchev–Trinajstić information content (AvgIpc) is 2.52. The summed E-state index contributed by atoms with van der Waals surface area (Å²) in [6, 6.07) is 13.8. The second kappa shape index (κ2) is 7.28. The Morgan fingerprint density at radius 1 is 1.15 bits per heavy atom. The number of carbonyl (C=O) groups is 1. The quantitative estimate of drug-likeness (QED) is 0.846. The van der Waals surface area contributed by atoms with Crippen LogP contribution in [0.1, 0.15) is 18.2 Å². The van der Waals surface area contributed by atoms with E-state index < -0.39 is 0 Å². The van der Waals surface area contributed by atoms with Crippen molar-refractivity contribution in [2.24, 2.45) is 0 Å². The number of amides is 1. The molecule has 2 aromatic rings. The fourth-order valence-corrected chi connectivity index (χ4v) is 1.79. The Morgan fingerprint density at radius 3 is 2.60 bits per heavy atom. The lowest BCUT2D eigenvalue weighted by atomic mass is 10.1. The lowest BCUT2D eigenvalue weighted by Gasteiger charge is -2.08. The number of rotatable bonds is 6. The van der Waals surface area contributed by atoms with Gasteiger partial charge >= 0.3 is 0 Å². The van der Waals surface area contributed by atoms with E-state index in [-0.39, 0.29) is 12.5 Å². The minimum Gasteiger partial charge on any atom is -0.376 e. The highest BCUT2D eigenvalue weighted by atomic mass is 16.1. The van der Waals surface area contributed by atoms with Gasteiger partial charge < -0.3 is 10.6 Å². The maximum Gasteiger partial charge on any atom is 0.239 e. The molecule has 0 atom stereocenters. The van der Waals surface area contributed by atoms with Gasteiger partial charge in [0.1, 0.15) is 0 Å². The number of aromatic nitrogens is 1. The molecule has 0 saturated carbocycles. The summed E-state index contributed by atoms with van der Waals surface area (Å²) in [5.74, 6) is -0.0461. The van der Waals surface area contributed by atoms with E-state index in [1.54, 1.807) is 6.20 Å². The Hall–Kier alpha value is -2.36. The highest BCUT2D eigenvalue weighted by Gasteiger charge is 2.01. The van der Waals surface area contributed by atoms with E-state index in [4.69, 9.17) is 0 Å². The summed E-state index contributed by atoms with van der Waals surface area (Å²) < 4.78 is 0. The first-order chi connectivity index (χ1) is 9.78. The zero-order valence-electron chi connectivity index (χ0n) is 11.6. The Morgan fingerprint density at radius 2 is 1.95 bits per heavy atom. The first-order valence-electron chi connectivity index (χ1n) is 6.77. The zero-order valence-corrected chi connectivity index (χ0v) is 11.6. The van der Waals surface area contributed by atoms with Gasteiger partial charge in [-0.15, -0.1) is 0 Å². The van der Waals surface area contributed by atoms with Crippen molar-refractivity contribution in [3.05, 3.63) is 59.9 Å². The van der Waals surface area contributed by atoms with Gasteiger partial charge in [-0.1, -0.05) is 25.1 Å². The van der Waals surface area contributed by atoms with Crippen LogP contribution in [0.5, 0.6) is 0 Å². The number of nitrogens with zero attached hydrogens (tertiary/aromatic N) is 1. The minimum atomic E-state index is -0.0461. The summed E-state index contributed by atoms with van der Waals surface area (Å²) in [4.78, 5) is 15.9. The second-order valence-electron chi connectivity index (χ2n) is 4.50. The summed E-state index contributed by atoms with van der Waals surface area (Å²) in [6.07, 6.45) is 2.74. The highest BCUT2D eigenvalue weighted by molar-refractivity contribution is 5.80. The van der Waals surface area contributed by atoms with Gasteiger partial charge in [0.15, 0.2) is 0 Å². The van der Waals surface area contributed by atoms with Gasteiger partial charge in [0.2, 0.25) is 5.91 Å². The molecule has 2 rings (SSSR count). The number of anilines is 1. The van der Waals surface area contributed by atoms with E-state index in [9.17, 15) is 4.79 Å². The monoisotopic (exact) mass is 269 g/mol. The molecule has 4 nitrogen and oxygen atoms in total. The summed E-state index contributed by atoms with van der Waals surface area (Å²) in [7, 11) is 0. The molecule has 1 heterocycles. The fraction of sp³-hybridized carbons (Fsp3) is 0.250. The molecule has 0 aliphatic heterocycles.